The van der Waals surface area contributed by atoms with Crippen molar-refractivity contribution in [1.82, 2.24) is 14.9 Å². The van der Waals surface area contributed by atoms with Gasteiger partial charge in [0, 0.05) is 22.2 Å². The summed E-state index contributed by atoms with van der Waals surface area (Å²) >= 11 is 7.77. The molecular weight excluding hydrogens is 450 g/mol. The molecule has 2 heterocycles. The lowest BCUT2D eigenvalue weighted by Crippen LogP contribution is -2.35. The van der Waals surface area contributed by atoms with Gasteiger partial charge >= 0.3 is 0 Å². The van der Waals surface area contributed by atoms with Gasteiger partial charge in [-0.1, -0.05) is 23.7 Å². The number of nitrogens with zero attached hydrogens (tertiary/aromatic N) is 2. The van der Waals surface area contributed by atoms with E-state index in [1.54, 1.807) is 36.4 Å². The lowest BCUT2D eigenvalue weighted by Gasteiger charge is -2.17. The summed E-state index contributed by atoms with van der Waals surface area (Å²) in [6.45, 7) is 3.72. The van der Waals surface area contributed by atoms with Crippen LogP contribution in [0.2, 0.25) is 5.15 Å². The van der Waals surface area contributed by atoms with Gasteiger partial charge in [0.05, 0.1) is 17.1 Å². The van der Waals surface area contributed by atoms with Crippen molar-refractivity contribution in [2.24, 2.45) is 5.73 Å². The zero-order valence-electron chi connectivity index (χ0n) is 17.6. The fourth-order valence-electron chi connectivity index (χ4n) is 3.02. The molecule has 0 atom stereocenters. The molecule has 0 radical (unpaired) electrons. The molecule has 0 aliphatic heterocycles. The van der Waals surface area contributed by atoms with E-state index in [0.29, 0.717) is 21.8 Å². The number of nitrogens with one attached hydrogen (secondary N) is 3. The summed E-state index contributed by atoms with van der Waals surface area (Å²) in [4.78, 5) is 31.6. The lowest BCUT2D eigenvalue weighted by atomic mass is 10.1. The Balaban J connectivity index is 1.93. The number of carbonyl (C=O) groups excluding carboxylic acids is 1. The second kappa shape index (κ2) is 9.84. The minimum atomic E-state index is -0.467. The first kappa shape index (κ1) is 23.3. The van der Waals surface area contributed by atoms with Crippen LogP contribution in [0, 0.1) is 5.41 Å². The van der Waals surface area contributed by atoms with E-state index in [4.69, 9.17) is 28.5 Å². The van der Waals surface area contributed by atoms with Crippen molar-refractivity contribution in [3.8, 4) is 11.3 Å². The van der Waals surface area contributed by atoms with E-state index in [1.165, 1.54) is 15.9 Å². The quantitative estimate of drug-likeness (QED) is 0.192. The van der Waals surface area contributed by atoms with Crippen molar-refractivity contribution in [2.75, 3.05) is 11.1 Å². The second-order valence-corrected chi connectivity index (χ2v) is 8.90. The molecule has 3 aromatic rings. The van der Waals surface area contributed by atoms with E-state index in [2.05, 4.69) is 15.6 Å². The summed E-state index contributed by atoms with van der Waals surface area (Å²) in [5, 5.41) is 13.3. The number of hydrogen-bond donors (Lipinski definition) is 5. The van der Waals surface area contributed by atoms with Crippen LogP contribution in [0.1, 0.15) is 23.6 Å². The highest BCUT2D eigenvalue weighted by atomic mass is 35.5. The minimum Gasteiger partial charge on any atom is -0.399 e. The molecule has 0 bridgehead atoms. The number of amides is 1. The van der Waals surface area contributed by atoms with Gasteiger partial charge in [0.15, 0.2) is 11.0 Å². The summed E-state index contributed by atoms with van der Waals surface area (Å²) in [6, 6.07) is 10.3. The van der Waals surface area contributed by atoms with E-state index in [9.17, 15) is 9.59 Å². The number of thiophene rings is 1. The molecule has 9 nitrogen and oxygen atoms in total. The van der Waals surface area contributed by atoms with Crippen LogP contribution >= 0.6 is 22.9 Å². The van der Waals surface area contributed by atoms with E-state index >= 15 is 0 Å². The van der Waals surface area contributed by atoms with E-state index in [0.717, 1.165) is 4.88 Å². The molecule has 0 saturated carbocycles. The van der Waals surface area contributed by atoms with Gasteiger partial charge < -0.3 is 22.1 Å². The first-order chi connectivity index (χ1) is 15.2. The van der Waals surface area contributed by atoms with E-state index < -0.39 is 5.56 Å². The van der Waals surface area contributed by atoms with Gasteiger partial charge in [0.1, 0.15) is 12.4 Å². The van der Waals surface area contributed by atoms with Gasteiger partial charge in [-0.3, -0.25) is 19.6 Å². The maximum absolute atomic E-state index is 13.2. The molecule has 32 heavy (non-hydrogen) atoms. The van der Waals surface area contributed by atoms with E-state index in [1.807, 2.05) is 13.8 Å². The van der Waals surface area contributed by atoms with Crippen LogP contribution in [0.5, 0.6) is 0 Å². The Hall–Kier alpha value is -3.37. The third-order valence-corrected chi connectivity index (χ3v) is 5.78. The highest BCUT2D eigenvalue weighted by Gasteiger charge is 2.20. The molecule has 1 amide bonds. The van der Waals surface area contributed by atoms with Gasteiger partial charge in [-0.25, -0.2) is 4.98 Å². The van der Waals surface area contributed by atoms with Crippen LogP contribution < -0.4 is 27.7 Å². The van der Waals surface area contributed by atoms with Gasteiger partial charge in [-0.2, -0.15) is 0 Å². The number of nitrogen functional groups attached to an aromatic ring is 2. The average molecular weight is 474 g/mol. The molecule has 168 valence electrons. The number of anilines is 2. The summed E-state index contributed by atoms with van der Waals surface area (Å²) in [6.07, 6.45) is 0. The monoisotopic (exact) mass is 473 g/mol. The Morgan fingerprint density at radius 2 is 2.06 bits per heavy atom. The van der Waals surface area contributed by atoms with Crippen molar-refractivity contribution < 1.29 is 4.79 Å². The first-order valence-electron chi connectivity index (χ1n) is 9.78. The predicted molar refractivity (Wildman–Crippen MR) is 129 cm³/mol. The van der Waals surface area contributed by atoms with Crippen LogP contribution in [0.25, 0.3) is 11.3 Å². The first-order valence-corrected chi connectivity index (χ1v) is 11.0. The number of benzene rings is 1. The Labute approximate surface area is 193 Å². The summed E-state index contributed by atoms with van der Waals surface area (Å²) in [5.74, 6) is -0.342. The molecular formula is C21H24ClN7O2S. The molecule has 0 unspecified atom stereocenters. The van der Waals surface area contributed by atoms with Gasteiger partial charge in [0.25, 0.3) is 5.56 Å². The zero-order valence-corrected chi connectivity index (χ0v) is 19.2. The summed E-state index contributed by atoms with van der Waals surface area (Å²) in [5.41, 5.74) is 12.3. The highest BCUT2D eigenvalue weighted by Crippen LogP contribution is 2.27. The molecule has 2 aromatic heterocycles. The topological polar surface area (TPSA) is 152 Å². The molecule has 11 heteroatoms. The third kappa shape index (κ3) is 5.45. The maximum Gasteiger partial charge on any atom is 0.294 e. The number of amidine groups is 1. The van der Waals surface area contributed by atoms with Crippen LogP contribution in [-0.2, 0) is 17.9 Å². The molecule has 0 fully saturated rings. The fourth-order valence-corrected chi connectivity index (χ4v) is 4.13. The Bertz CT molecular complexity index is 1220. The van der Waals surface area contributed by atoms with Gasteiger partial charge in [0.2, 0.25) is 5.91 Å². The number of carbonyl (C=O) groups is 1. The zero-order chi connectivity index (χ0) is 23.4. The Morgan fingerprint density at radius 1 is 1.31 bits per heavy atom. The Morgan fingerprint density at radius 3 is 2.69 bits per heavy atom. The Kier molecular flexibility index (Phi) is 7.16. The molecule has 0 spiro atoms. The van der Waals surface area contributed by atoms with Gasteiger partial charge in [-0.15, -0.1) is 11.3 Å². The number of rotatable bonds is 8. The summed E-state index contributed by atoms with van der Waals surface area (Å²) < 4.78 is 1.29. The third-order valence-electron chi connectivity index (χ3n) is 4.40. The van der Waals surface area contributed by atoms with Crippen molar-refractivity contribution in [1.29, 1.82) is 5.41 Å². The number of nitrogens with two attached hydrogens (primary N) is 2. The van der Waals surface area contributed by atoms with E-state index in [-0.39, 0.29) is 41.8 Å². The normalized spacial score (nSPS) is 10.9. The molecule has 7 N–H and O–H groups in total. The number of hydrogen-bond acceptors (Lipinski definition) is 7. The maximum atomic E-state index is 13.2. The van der Waals surface area contributed by atoms with Gasteiger partial charge in [-0.05, 0) is 38.1 Å². The standard InChI is InChI=1S/C21H24ClN7O2S/c1-11(2)27-20-21(31)29(17(18(22)28-20)12-4-3-5-13(23)8-12)10-16(30)26-9-14-6-7-15(32-14)19(24)25/h3-8,11H,9-10,23H2,1-2H3,(H3,24,25)(H,26,30)(H,27,28). The smallest absolute Gasteiger partial charge is 0.294 e. The highest BCUT2D eigenvalue weighted by molar-refractivity contribution is 7.14. The summed E-state index contributed by atoms with van der Waals surface area (Å²) in [7, 11) is 0. The average Bonchev–Trinajstić information content (AvgIpc) is 3.19. The molecule has 0 aliphatic rings. The van der Waals surface area contributed by atoms with Crippen LogP contribution in [0.3, 0.4) is 0 Å². The molecule has 0 aliphatic carbocycles. The van der Waals surface area contributed by atoms with Crippen molar-refractivity contribution in [3.63, 3.8) is 0 Å². The molecule has 0 saturated heterocycles. The number of halogens is 1. The largest absolute Gasteiger partial charge is 0.399 e. The van der Waals surface area contributed by atoms with Crippen LogP contribution in [-0.4, -0.2) is 27.3 Å². The minimum absolute atomic E-state index is 0.0254. The molecule has 1 aromatic carbocycles. The SMILES string of the molecule is CC(C)Nc1nc(Cl)c(-c2cccc(N)c2)n(CC(=O)NCc2ccc(C(=N)N)s2)c1=O. The van der Waals surface area contributed by atoms with Crippen molar-refractivity contribution >= 4 is 46.2 Å². The predicted octanol–water partition coefficient (Wildman–Crippen LogP) is 2.63. The molecule has 3 rings (SSSR count). The van der Waals surface area contributed by atoms with Crippen LogP contribution in [0.15, 0.2) is 41.2 Å². The second-order valence-electron chi connectivity index (χ2n) is 7.37. The lowest BCUT2D eigenvalue weighted by molar-refractivity contribution is -0.121. The van der Waals surface area contributed by atoms with Crippen LogP contribution in [0.4, 0.5) is 11.5 Å². The van der Waals surface area contributed by atoms with Crippen molar-refractivity contribution in [3.05, 3.63) is 61.7 Å². The fraction of sp³-hybridized carbons (Fsp3) is 0.238. The van der Waals surface area contributed by atoms with Crippen molar-refractivity contribution in [2.45, 2.75) is 33.0 Å². The number of aromatic nitrogens is 2.